The molecule has 0 unspecified atom stereocenters. The molecule has 28 heavy (non-hydrogen) atoms. The zero-order valence-corrected chi connectivity index (χ0v) is 17.1. The first-order valence-electron chi connectivity index (χ1n) is 9.31. The maximum atomic E-state index is 13.0. The van der Waals surface area contributed by atoms with E-state index in [1.54, 1.807) is 6.07 Å². The highest BCUT2D eigenvalue weighted by Crippen LogP contribution is 2.23. The van der Waals surface area contributed by atoms with E-state index >= 15 is 0 Å². The van der Waals surface area contributed by atoms with Crippen LogP contribution < -0.4 is 5.32 Å². The van der Waals surface area contributed by atoms with Gasteiger partial charge in [-0.25, -0.2) is 13.4 Å². The van der Waals surface area contributed by atoms with Gasteiger partial charge in [-0.2, -0.15) is 4.31 Å². The number of benzene rings is 1. The van der Waals surface area contributed by atoms with E-state index in [2.05, 4.69) is 15.3 Å². The second-order valence-corrected chi connectivity index (χ2v) is 9.57. The summed E-state index contributed by atoms with van der Waals surface area (Å²) >= 11 is 5.83. The van der Waals surface area contributed by atoms with Crippen molar-refractivity contribution in [1.82, 2.24) is 24.5 Å². The van der Waals surface area contributed by atoms with E-state index in [0.717, 1.165) is 12.8 Å². The molecule has 1 aromatic heterocycles. The number of nitrogens with one attached hydrogen (secondary N) is 1. The van der Waals surface area contributed by atoms with Gasteiger partial charge >= 0.3 is 0 Å². The van der Waals surface area contributed by atoms with Crippen molar-refractivity contribution in [3.05, 3.63) is 29.5 Å². The molecule has 0 bridgehead atoms. The van der Waals surface area contributed by atoms with Gasteiger partial charge in [0.05, 0.1) is 28.2 Å². The fourth-order valence-electron chi connectivity index (χ4n) is 3.32. The van der Waals surface area contributed by atoms with Gasteiger partial charge in [-0.3, -0.25) is 14.7 Å². The Hall–Kier alpha value is -1.81. The van der Waals surface area contributed by atoms with E-state index in [9.17, 15) is 13.2 Å². The van der Waals surface area contributed by atoms with Gasteiger partial charge in [0.1, 0.15) is 5.15 Å². The number of aromatic nitrogens is 2. The van der Waals surface area contributed by atoms with Crippen LogP contribution in [0.15, 0.2) is 29.3 Å². The maximum absolute atomic E-state index is 13.0. The number of rotatable bonds is 5. The molecular weight excluding hydrogens is 402 g/mol. The summed E-state index contributed by atoms with van der Waals surface area (Å²) < 4.78 is 27.5. The molecule has 0 spiro atoms. The molecule has 150 valence electrons. The SMILES string of the molecule is C[C@H](C(=O)NC1CC1)N1CCN(S(=O)(=O)c2ccc3nc(Cl)cnc3c2)CC1. The third-order valence-electron chi connectivity index (χ3n) is 5.25. The van der Waals surface area contributed by atoms with E-state index in [4.69, 9.17) is 11.6 Å². The number of fused-ring (bicyclic) bond motifs is 1. The van der Waals surface area contributed by atoms with Crippen molar-refractivity contribution in [2.45, 2.75) is 36.7 Å². The van der Waals surface area contributed by atoms with E-state index < -0.39 is 10.0 Å². The van der Waals surface area contributed by atoms with Gasteiger partial charge in [0.15, 0.2) is 0 Å². The molecule has 1 aliphatic carbocycles. The van der Waals surface area contributed by atoms with Crippen molar-refractivity contribution in [1.29, 1.82) is 0 Å². The topological polar surface area (TPSA) is 95.5 Å². The molecule has 1 aromatic carbocycles. The van der Waals surface area contributed by atoms with Crippen LogP contribution in [0.5, 0.6) is 0 Å². The van der Waals surface area contributed by atoms with Crippen molar-refractivity contribution in [3.63, 3.8) is 0 Å². The summed E-state index contributed by atoms with van der Waals surface area (Å²) in [6, 6.07) is 4.72. The fraction of sp³-hybridized carbons (Fsp3) is 0.500. The van der Waals surface area contributed by atoms with Crippen molar-refractivity contribution in [2.75, 3.05) is 26.2 Å². The summed E-state index contributed by atoms with van der Waals surface area (Å²) in [6.07, 6.45) is 3.49. The predicted molar refractivity (Wildman–Crippen MR) is 106 cm³/mol. The minimum Gasteiger partial charge on any atom is -0.352 e. The van der Waals surface area contributed by atoms with E-state index in [0.29, 0.717) is 43.3 Å². The van der Waals surface area contributed by atoms with Crippen LogP contribution in [0.1, 0.15) is 19.8 Å². The zero-order valence-electron chi connectivity index (χ0n) is 15.5. The quantitative estimate of drug-likeness (QED) is 0.777. The van der Waals surface area contributed by atoms with Gasteiger partial charge in [0.25, 0.3) is 0 Å². The van der Waals surface area contributed by atoms with Gasteiger partial charge in [-0.05, 0) is 38.0 Å². The molecule has 0 radical (unpaired) electrons. The number of nitrogens with zero attached hydrogens (tertiary/aromatic N) is 4. The monoisotopic (exact) mass is 423 g/mol. The summed E-state index contributed by atoms with van der Waals surface area (Å²) in [5.41, 5.74) is 1.03. The number of hydrogen-bond donors (Lipinski definition) is 1. The summed E-state index contributed by atoms with van der Waals surface area (Å²) in [5, 5.41) is 3.27. The van der Waals surface area contributed by atoms with Gasteiger partial charge in [0, 0.05) is 32.2 Å². The lowest BCUT2D eigenvalue weighted by Crippen LogP contribution is -2.55. The second kappa shape index (κ2) is 7.55. The zero-order chi connectivity index (χ0) is 19.9. The smallest absolute Gasteiger partial charge is 0.243 e. The molecule has 2 heterocycles. The van der Waals surface area contributed by atoms with Gasteiger partial charge in [-0.15, -0.1) is 0 Å². The lowest BCUT2D eigenvalue weighted by molar-refractivity contribution is -0.126. The van der Waals surface area contributed by atoms with Crippen molar-refractivity contribution in [2.24, 2.45) is 0 Å². The third-order valence-corrected chi connectivity index (χ3v) is 7.32. The Labute approximate surface area is 168 Å². The third kappa shape index (κ3) is 3.98. The molecule has 1 saturated heterocycles. The van der Waals surface area contributed by atoms with Crippen LogP contribution in [-0.2, 0) is 14.8 Å². The number of carbonyl (C=O) groups is 1. The second-order valence-electron chi connectivity index (χ2n) is 7.24. The van der Waals surface area contributed by atoms with Crippen LogP contribution in [0.2, 0.25) is 5.15 Å². The van der Waals surface area contributed by atoms with Crippen LogP contribution in [0.25, 0.3) is 11.0 Å². The normalized spacial score (nSPS) is 20.2. The fourth-order valence-corrected chi connectivity index (χ4v) is 4.91. The Morgan fingerprint density at radius 1 is 1.21 bits per heavy atom. The van der Waals surface area contributed by atoms with Gasteiger partial charge in [0.2, 0.25) is 15.9 Å². The number of sulfonamides is 1. The first-order valence-corrected chi connectivity index (χ1v) is 11.1. The number of carbonyl (C=O) groups excluding carboxylic acids is 1. The molecule has 4 rings (SSSR count). The van der Waals surface area contributed by atoms with Crippen LogP contribution in [0, 0.1) is 0 Å². The highest BCUT2D eigenvalue weighted by Gasteiger charge is 2.33. The molecule has 2 aliphatic rings. The summed E-state index contributed by atoms with van der Waals surface area (Å²) in [4.78, 5) is 22.7. The Morgan fingerprint density at radius 3 is 2.61 bits per heavy atom. The minimum atomic E-state index is -3.64. The lowest BCUT2D eigenvalue weighted by Gasteiger charge is -2.36. The lowest BCUT2D eigenvalue weighted by atomic mass is 10.2. The average molecular weight is 424 g/mol. The van der Waals surface area contributed by atoms with Crippen LogP contribution in [0.3, 0.4) is 0 Å². The van der Waals surface area contributed by atoms with Crippen LogP contribution in [0.4, 0.5) is 0 Å². The average Bonchev–Trinajstić information content (AvgIpc) is 3.51. The van der Waals surface area contributed by atoms with E-state index in [-0.39, 0.29) is 22.0 Å². The van der Waals surface area contributed by atoms with Gasteiger partial charge < -0.3 is 5.32 Å². The Bertz CT molecular complexity index is 1000. The molecule has 10 heteroatoms. The van der Waals surface area contributed by atoms with Crippen LogP contribution >= 0.6 is 11.6 Å². The Balaban J connectivity index is 1.44. The molecule has 2 aromatic rings. The minimum absolute atomic E-state index is 0.0190. The Morgan fingerprint density at radius 2 is 1.93 bits per heavy atom. The maximum Gasteiger partial charge on any atom is 0.243 e. The molecule has 2 fully saturated rings. The number of halogens is 1. The summed E-state index contributed by atoms with van der Waals surface area (Å²) in [6.45, 7) is 3.58. The van der Waals surface area contributed by atoms with Crippen LogP contribution in [-0.4, -0.2) is 71.8 Å². The Kier molecular flexibility index (Phi) is 5.26. The number of hydrogen-bond acceptors (Lipinski definition) is 6. The standard InChI is InChI=1S/C18H22ClN5O3S/c1-12(18(25)21-13-2-3-13)23-6-8-24(9-7-23)28(26,27)14-4-5-15-16(10-14)20-11-17(19)22-15/h4-5,10-13H,2-3,6-9H2,1H3,(H,21,25)/t12-/m1/s1. The molecular formula is C18H22ClN5O3S. The molecule has 1 N–H and O–H groups in total. The molecule has 8 nitrogen and oxygen atoms in total. The number of piperazine rings is 1. The van der Waals surface area contributed by atoms with Crippen molar-refractivity contribution in [3.8, 4) is 0 Å². The highest BCUT2D eigenvalue weighted by molar-refractivity contribution is 7.89. The largest absolute Gasteiger partial charge is 0.352 e. The van der Waals surface area contributed by atoms with E-state index in [1.807, 2.05) is 11.8 Å². The first kappa shape index (κ1) is 19.5. The molecule has 1 aliphatic heterocycles. The van der Waals surface area contributed by atoms with E-state index in [1.165, 1.54) is 22.6 Å². The van der Waals surface area contributed by atoms with Gasteiger partial charge in [-0.1, -0.05) is 11.6 Å². The summed E-state index contributed by atoms with van der Waals surface area (Å²) in [5.74, 6) is 0.0190. The molecule has 1 atom stereocenters. The first-order chi connectivity index (χ1) is 13.3. The molecule has 1 saturated carbocycles. The van der Waals surface area contributed by atoms with Crippen molar-refractivity contribution >= 4 is 38.6 Å². The molecule has 1 amide bonds. The highest BCUT2D eigenvalue weighted by atomic mass is 35.5. The number of amides is 1. The summed E-state index contributed by atoms with van der Waals surface area (Å²) in [7, 11) is -3.64. The van der Waals surface area contributed by atoms with Crippen molar-refractivity contribution < 1.29 is 13.2 Å². The predicted octanol–water partition coefficient (Wildman–Crippen LogP) is 1.26.